The third-order valence-electron chi connectivity index (χ3n) is 3.02. The number of carbonyl (C=O) groups is 2. The lowest BCUT2D eigenvalue weighted by Crippen LogP contribution is -2.37. The van der Waals surface area contributed by atoms with Crippen LogP contribution in [0.5, 0.6) is 11.5 Å². The maximum atomic E-state index is 12.2. The quantitative estimate of drug-likeness (QED) is 0.728. The number of esters is 1. The van der Waals surface area contributed by atoms with Crippen LogP contribution in [-0.4, -0.2) is 38.7 Å². The van der Waals surface area contributed by atoms with Gasteiger partial charge in [0.15, 0.2) is 6.10 Å². The number of nitrogens with one attached hydrogen (secondary N) is 1. The zero-order chi connectivity index (χ0) is 17.6. The fraction of sp³-hybridized carbons (Fsp3) is 0.500. The van der Waals surface area contributed by atoms with E-state index in [4.69, 9.17) is 14.2 Å². The minimum absolute atomic E-state index is 0.241. The molecular formula is C16H22BrNO5. The number of carbonyl (C=O) groups excluding carboxylic acids is 2. The molecule has 0 fully saturated rings. The van der Waals surface area contributed by atoms with Crippen LogP contribution in [0, 0.1) is 5.92 Å². The minimum atomic E-state index is -0.887. The number of hydrogen-bond acceptors (Lipinski definition) is 5. The van der Waals surface area contributed by atoms with Crippen LogP contribution in [0.4, 0.5) is 0 Å². The largest absolute Gasteiger partial charge is 0.495 e. The van der Waals surface area contributed by atoms with Gasteiger partial charge in [-0.2, -0.15) is 0 Å². The van der Waals surface area contributed by atoms with E-state index in [9.17, 15) is 9.59 Å². The summed E-state index contributed by atoms with van der Waals surface area (Å²) in [6.45, 7) is 6.02. The van der Waals surface area contributed by atoms with Crippen molar-refractivity contribution in [3.05, 3.63) is 22.2 Å². The average Bonchev–Trinajstić information content (AvgIpc) is 2.52. The number of ether oxygens (including phenoxy) is 3. The van der Waals surface area contributed by atoms with Gasteiger partial charge in [-0.05, 0) is 40.9 Å². The molecule has 0 bridgehead atoms. The number of hydrogen-bond donors (Lipinski definition) is 1. The van der Waals surface area contributed by atoms with Gasteiger partial charge < -0.3 is 19.5 Å². The third-order valence-corrected chi connectivity index (χ3v) is 3.80. The molecule has 0 aliphatic carbocycles. The highest BCUT2D eigenvalue weighted by molar-refractivity contribution is 9.10. The minimum Gasteiger partial charge on any atom is -0.495 e. The van der Waals surface area contributed by atoms with Gasteiger partial charge in [0, 0.05) is 6.54 Å². The molecule has 1 aromatic carbocycles. The van der Waals surface area contributed by atoms with E-state index in [1.807, 2.05) is 13.8 Å². The molecule has 0 radical (unpaired) electrons. The first kappa shape index (κ1) is 19.3. The molecule has 0 heterocycles. The van der Waals surface area contributed by atoms with E-state index in [-0.39, 0.29) is 11.5 Å². The molecule has 1 atom stereocenters. The van der Waals surface area contributed by atoms with E-state index in [2.05, 4.69) is 21.2 Å². The van der Waals surface area contributed by atoms with Gasteiger partial charge in [0.2, 0.25) is 0 Å². The Morgan fingerprint density at radius 1 is 1.13 bits per heavy atom. The molecule has 0 unspecified atom stereocenters. The second kappa shape index (κ2) is 8.76. The maximum Gasteiger partial charge on any atom is 0.339 e. The molecule has 128 valence electrons. The number of rotatable bonds is 7. The number of benzene rings is 1. The lowest BCUT2D eigenvalue weighted by Gasteiger charge is -2.16. The normalized spacial score (nSPS) is 11.8. The van der Waals surface area contributed by atoms with Crippen LogP contribution in [0.1, 0.15) is 31.1 Å². The van der Waals surface area contributed by atoms with Crippen molar-refractivity contribution < 1.29 is 23.8 Å². The summed E-state index contributed by atoms with van der Waals surface area (Å²) in [5.41, 5.74) is 0.241. The summed E-state index contributed by atoms with van der Waals surface area (Å²) in [6, 6.07) is 3.04. The summed E-state index contributed by atoms with van der Waals surface area (Å²) < 4.78 is 16.2. The molecule has 1 rings (SSSR count). The number of amides is 1. The van der Waals surface area contributed by atoms with Gasteiger partial charge in [0.05, 0.1) is 19.8 Å². The first-order chi connectivity index (χ1) is 10.8. The van der Waals surface area contributed by atoms with Crippen molar-refractivity contribution in [3.63, 3.8) is 0 Å². The molecule has 0 saturated carbocycles. The van der Waals surface area contributed by atoms with Crippen molar-refractivity contribution in [1.82, 2.24) is 5.32 Å². The smallest absolute Gasteiger partial charge is 0.339 e. The molecule has 0 aliphatic rings. The predicted molar refractivity (Wildman–Crippen MR) is 90.0 cm³/mol. The van der Waals surface area contributed by atoms with Gasteiger partial charge in [0.1, 0.15) is 16.0 Å². The summed E-state index contributed by atoms with van der Waals surface area (Å²) in [5.74, 6) is 0.243. The summed E-state index contributed by atoms with van der Waals surface area (Å²) in [5, 5.41) is 2.72. The highest BCUT2D eigenvalue weighted by atomic mass is 79.9. The van der Waals surface area contributed by atoms with Crippen molar-refractivity contribution in [3.8, 4) is 11.5 Å². The van der Waals surface area contributed by atoms with Gasteiger partial charge >= 0.3 is 5.97 Å². The second-order valence-electron chi connectivity index (χ2n) is 5.38. The Morgan fingerprint density at radius 3 is 2.09 bits per heavy atom. The second-order valence-corrected chi connectivity index (χ2v) is 6.17. The van der Waals surface area contributed by atoms with Crippen molar-refractivity contribution in [1.29, 1.82) is 0 Å². The molecule has 0 spiro atoms. The topological polar surface area (TPSA) is 73.9 Å². The summed E-state index contributed by atoms with van der Waals surface area (Å²) in [7, 11) is 2.97. The van der Waals surface area contributed by atoms with Crippen molar-refractivity contribution in [2.75, 3.05) is 20.8 Å². The molecule has 6 nitrogen and oxygen atoms in total. The van der Waals surface area contributed by atoms with Crippen LogP contribution in [0.3, 0.4) is 0 Å². The van der Waals surface area contributed by atoms with Gasteiger partial charge in [-0.25, -0.2) is 4.79 Å². The van der Waals surface area contributed by atoms with Crippen molar-refractivity contribution in [2.24, 2.45) is 5.92 Å². The lowest BCUT2D eigenvalue weighted by molar-refractivity contribution is -0.129. The number of methoxy groups -OCH3 is 2. The maximum absolute atomic E-state index is 12.2. The van der Waals surface area contributed by atoms with Gasteiger partial charge in [-0.1, -0.05) is 13.8 Å². The van der Waals surface area contributed by atoms with Gasteiger partial charge in [-0.15, -0.1) is 0 Å². The molecule has 1 amide bonds. The fourth-order valence-corrected chi connectivity index (χ4v) is 2.27. The molecule has 7 heteroatoms. The summed E-state index contributed by atoms with van der Waals surface area (Å²) in [4.78, 5) is 24.1. The molecule has 0 aromatic heterocycles. The van der Waals surface area contributed by atoms with Gasteiger partial charge in [0.25, 0.3) is 5.91 Å². The SMILES string of the molecule is COc1cc(C(=O)O[C@H](C)C(=O)NCC(C)C)cc(OC)c1Br. The van der Waals surface area contributed by atoms with Gasteiger partial charge in [-0.3, -0.25) is 4.79 Å². The standard InChI is InChI=1S/C16H22BrNO5/c1-9(2)8-18-15(19)10(3)23-16(20)11-6-12(21-4)14(17)13(7-11)22-5/h6-7,9-10H,8H2,1-5H3,(H,18,19)/t10-/m1/s1. The molecule has 0 saturated heterocycles. The first-order valence-corrected chi connectivity index (χ1v) is 7.99. The van der Waals surface area contributed by atoms with Crippen LogP contribution in [0.25, 0.3) is 0 Å². The van der Waals surface area contributed by atoms with Crippen LogP contribution < -0.4 is 14.8 Å². The van der Waals surface area contributed by atoms with Crippen molar-refractivity contribution >= 4 is 27.8 Å². The highest BCUT2D eigenvalue weighted by Gasteiger charge is 2.21. The molecule has 23 heavy (non-hydrogen) atoms. The molecule has 1 aromatic rings. The average molecular weight is 388 g/mol. The zero-order valence-corrected chi connectivity index (χ0v) is 15.5. The Labute approximate surface area is 144 Å². The summed E-state index contributed by atoms with van der Waals surface area (Å²) in [6.07, 6.45) is -0.887. The summed E-state index contributed by atoms with van der Waals surface area (Å²) >= 11 is 3.33. The molecular weight excluding hydrogens is 366 g/mol. The van der Waals surface area contributed by atoms with Crippen LogP contribution >= 0.6 is 15.9 Å². The number of halogens is 1. The Bertz CT molecular complexity index is 549. The fourth-order valence-electron chi connectivity index (χ4n) is 1.72. The van der Waals surface area contributed by atoms with Crippen molar-refractivity contribution in [2.45, 2.75) is 26.9 Å². The monoisotopic (exact) mass is 387 g/mol. The van der Waals surface area contributed by atoms with E-state index in [0.717, 1.165) is 0 Å². The van der Waals surface area contributed by atoms with E-state index >= 15 is 0 Å². The van der Waals surface area contributed by atoms with E-state index in [0.29, 0.717) is 28.4 Å². The third kappa shape index (κ3) is 5.42. The lowest BCUT2D eigenvalue weighted by atomic mass is 10.2. The van der Waals surface area contributed by atoms with Crippen LogP contribution in [-0.2, 0) is 9.53 Å². The Morgan fingerprint density at radius 2 is 1.65 bits per heavy atom. The predicted octanol–water partition coefficient (Wildman–Crippen LogP) is 2.78. The Kier molecular flexibility index (Phi) is 7.35. The highest BCUT2D eigenvalue weighted by Crippen LogP contribution is 2.35. The molecule has 1 N–H and O–H groups in total. The van der Waals surface area contributed by atoms with Crippen LogP contribution in [0.2, 0.25) is 0 Å². The van der Waals surface area contributed by atoms with Crippen LogP contribution in [0.15, 0.2) is 16.6 Å². The van der Waals surface area contributed by atoms with E-state index in [1.165, 1.54) is 33.3 Å². The zero-order valence-electron chi connectivity index (χ0n) is 13.9. The van der Waals surface area contributed by atoms with E-state index < -0.39 is 12.1 Å². The Balaban J connectivity index is 2.83. The first-order valence-electron chi connectivity index (χ1n) is 7.20. The molecule has 0 aliphatic heterocycles. The van der Waals surface area contributed by atoms with E-state index in [1.54, 1.807) is 0 Å². The Hall–Kier alpha value is -1.76.